The second kappa shape index (κ2) is 2.69. The van der Waals surface area contributed by atoms with Gasteiger partial charge in [-0.1, -0.05) is 0 Å². The topological polar surface area (TPSA) is 46.5 Å². The van der Waals surface area contributed by atoms with Gasteiger partial charge in [-0.15, -0.1) is 0 Å². The zero-order chi connectivity index (χ0) is 9.41. The van der Waals surface area contributed by atoms with Crippen LogP contribution in [0.15, 0.2) is 0 Å². The molecular formula is C8H13FO3. The van der Waals surface area contributed by atoms with Crippen molar-refractivity contribution in [2.24, 2.45) is 5.41 Å². The molecule has 1 aliphatic heterocycles. The van der Waals surface area contributed by atoms with E-state index in [1.165, 1.54) is 13.8 Å². The largest absolute Gasteiger partial charge is 0.481 e. The molecule has 1 N–H and O–H groups in total. The summed E-state index contributed by atoms with van der Waals surface area (Å²) in [6.45, 7) is 2.99. The summed E-state index contributed by atoms with van der Waals surface area (Å²) in [6, 6.07) is 0. The van der Waals surface area contributed by atoms with Crippen LogP contribution in [0.3, 0.4) is 0 Å². The minimum absolute atomic E-state index is 0.105. The van der Waals surface area contributed by atoms with Gasteiger partial charge >= 0.3 is 5.97 Å². The summed E-state index contributed by atoms with van der Waals surface area (Å²) < 4.78 is 18.7. The molecule has 1 rings (SSSR count). The SMILES string of the molecule is CC(C)(C(=O)O)C1(F)CCOC1. The van der Waals surface area contributed by atoms with Crippen LogP contribution in [0, 0.1) is 5.41 Å². The highest BCUT2D eigenvalue weighted by Gasteiger charge is 2.53. The highest BCUT2D eigenvalue weighted by molar-refractivity contribution is 5.75. The number of carboxylic acid groups (broad SMARTS) is 1. The minimum atomic E-state index is -1.71. The molecule has 0 saturated carbocycles. The van der Waals surface area contributed by atoms with E-state index in [1.807, 2.05) is 0 Å². The van der Waals surface area contributed by atoms with Crippen molar-refractivity contribution in [3.63, 3.8) is 0 Å². The van der Waals surface area contributed by atoms with E-state index in [9.17, 15) is 9.18 Å². The van der Waals surface area contributed by atoms with E-state index in [2.05, 4.69) is 0 Å². The first-order valence-corrected chi connectivity index (χ1v) is 3.90. The third-order valence-electron chi connectivity index (χ3n) is 2.63. The van der Waals surface area contributed by atoms with Crippen LogP contribution in [-0.4, -0.2) is 30.0 Å². The third kappa shape index (κ3) is 1.20. The molecule has 0 spiro atoms. The summed E-state index contributed by atoms with van der Waals surface area (Å²) in [6.07, 6.45) is 0.173. The van der Waals surface area contributed by atoms with Gasteiger partial charge in [0.15, 0.2) is 5.67 Å². The van der Waals surface area contributed by atoms with Crippen LogP contribution in [0.4, 0.5) is 4.39 Å². The monoisotopic (exact) mass is 176 g/mol. The predicted octanol–water partition coefficient (Wildman–Crippen LogP) is 1.23. The normalized spacial score (nSPS) is 30.6. The average Bonchev–Trinajstić information content (AvgIpc) is 2.37. The fourth-order valence-electron chi connectivity index (χ4n) is 1.22. The van der Waals surface area contributed by atoms with Gasteiger partial charge in [-0.05, 0) is 13.8 Å². The van der Waals surface area contributed by atoms with Crippen LogP contribution in [0.25, 0.3) is 0 Å². The van der Waals surface area contributed by atoms with E-state index >= 15 is 0 Å². The van der Waals surface area contributed by atoms with Gasteiger partial charge in [0.05, 0.1) is 12.0 Å². The second-order valence-corrected chi connectivity index (χ2v) is 3.70. The Kier molecular flexibility index (Phi) is 2.12. The number of halogens is 1. The van der Waals surface area contributed by atoms with Crippen molar-refractivity contribution in [2.45, 2.75) is 25.9 Å². The number of hydrogen-bond acceptors (Lipinski definition) is 2. The number of hydrogen-bond donors (Lipinski definition) is 1. The molecule has 1 heterocycles. The number of ether oxygens (including phenoxy) is 1. The maximum Gasteiger partial charge on any atom is 0.312 e. The van der Waals surface area contributed by atoms with Gasteiger partial charge in [0, 0.05) is 13.0 Å². The molecule has 70 valence electrons. The van der Waals surface area contributed by atoms with E-state index in [4.69, 9.17) is 9.84 Å². The van der Waals surface area contributed by atoms with Crippen molar-refractivity contribution < 1.29 is 19.0 Å². The molecule has 1 unspecified atom stereocenters. The molecule has 4 heteroatoms. The highest BCUT2D eigenvalue weighted by atomic mass is 19.1. The Labute approximate surface area is 70.5 Å². The van der Waals surface area contributed by atoms with E-state index in [0.717, 1.165) is 0 Å². The molecule has 0 aromatic heterocycles. The minimum Gasteiger partial charge on any atom is -0.481 e. The molecule has 0 aliphatic carbocycles. The van der Waals surface area contributed by atoms with Crippen molar-refractivity contribution in [3.8, 4) is 0 Å². The molecule has 1 saturated heterocycles. The third-order valence-corrected chi connectivity index (χ3v) is 2.63. The molecular weight excluding hydrogens is 163 g/mol. The Morgan fingerprint density at radius 2 is 2.25 bits per heavy atom. The first kappa shape index (κ1) is 9.45. The number of aliphatic carboxylic acids is 1. The van der Waals surface area contributed by atoms with Gasteiger partial charge in [-0.3, -0.25) is 4.79 Å². The lowest BCUT2D eigenvalue weighted by Crippen LogP contribution is -2.46. The number of rotatable bonds is 2. The van der Waals surface area contributed by atoms with Gasteiger partial charge in [-0.25, -0.2) is 4.39 Å². The van der Waals surface area contributed by atoms with Crippen molar-refractivity contribution in [2.75, 3.05) is 13.2 Å². The van der Waals surface area contributed by atoms with Crippen LogP contribution in [0.5, 0.6) is 0 Å². The van der Waals surface area contributed by atoms with Crippen LogP contribution in [-0.2, 0) is 9.53 Å². The Morgan fingerprint density at radius 1 is 1.67 bits per heavy atom. The average molecular weight is 176 g/mol. The van der Waals surface area contributed by atoms with Crippen molar-refractivity contribution in [3.05, 3.63) is 0 Å². The molecule has 0 amide bonds. The predicted molar refractivity (Wildman–Crippen MR) is 40.7 cm³/mol. The smallest absolute Gasteiger partial charge is 0.312 e. The fourth-order valence-corrected chi connectivity index (χ4v) is 1.22. The lowest BCUT2D eigenvalue weighted by Gasteiger charge is -2.32. The van der Waals surface area contributed by atoms with Crippen LogP contribution in [0.2, 0.25) is 0 Å². The first-order valence-electron chi connectivity index (χ1n) is 3.90. The van der Waals surface area contributed by atoms with E-state index < -0.39 is 17.1 Å². The van der Waals surface area contributed by atoms with Crippen molar-refractivity contribution >= 4 is 5.97 Å². The van der Waals surface area contributed by atoms with Gasteiger partial charge in [-0.2, -0.15) is 0 Å². The zero-order valence-electron chi connectivity index (χ0n) is 7.26. The van der Waals surface area contributed by atoms with Crippen LogP contribution >= 0.6 is 0 Å². The maximum absolute atomic E-state index is 13.8. The summed E-state index contributed by atoms with van der Waals surface area (Å²) in [4.78, 5) is 10.7. The summed E-state index contributed by atoms with van der Waals surface area (Å²) in [7, 11) is 0. The zero-order valence-corrected chi connectivity index (χ0v) is 7.26. The Morgan fingerprint density at radius 3 is 2.58 bits per heavy atom. The highest BCUT2D eigenvalue weighted by Crippen LogP contribution is 2.40. The lowest BCUT2D eigenvalue weighted by molar-refractivity contribution is -0.157. The lowest BCUT2D eigenvalue weighted by atomic mass is 9.76. The molecule has 0 bridgehead atoms. The van der Waals surface area contributed by atoms with Crippen LogP contribution in [0.1, 0.15) is 20.3 Å². The molecule has 0 aromatic carbocycles. The molecule has 1 aliphatic rings. The molecule has 0 aromatic rings. The standard InChI is InChI=1S/C8H13FO3/c1-7(2,6(10)11)8(9)3-4-12-5-8/h3-5H2,1-2H3,(H,10,11). The number of alkyl halides is 1. The fraction of sp³-hybridized carbons (Fsp3) is 0.875. The Bertz CT molecular complexity index is 194. The van der Waals surface area contributed by atoms with E-state index in [1.54, 1.807) is 0 Å². The molecule has 1 atom stereocenters. The maximum atomic E-state index is 13.8. The van der Waals surface area contributed by atoms with Gasteiger partial charge < -0.3 is 9.84 Å². The van der Waals surface area contributed by atoms with Crippen LogP contribution < -0.4 is 0 Å². The quantitative estimate of drug-likeness (QED) is 0.688. The number of carboxylic acids is 1. The summed E-state index contributed by atoms with van der Waals surface area (Å²) >= 11 is 0. The summed E-state index contributed by atoms with van der Waals surface area (Å²) in [5.41, 5.74) is -3.07. The second-order valence-electron chi connectivity index (χ2n) is 3.70. The van der Waals surface area contributed by atoms with Gasteiger partial charge in [0.1, 0.15) is 0 Å². The Balaban J connectivity index is 2.85. The Hall–Kier alpha value is -0.640. The summed E-state index contributed by atoms with van der Waals surface area (Å²) in [5.74, 6) is -1.12. The van der Waals surface area contributed by atoms with Gasteiger partial charge in [0.25, 0.3) is 0 Å². The van der Waals surface area contributed by atoms with Crippen molar-refractivity contribution in [1.82, 2.24) is 0 Å². The van der Waals surface area contributed by atoms with E-state index in [-0.39, 0.29) is 13.0 Å². The first-order chi connectivity index (χ1) is 5.40. The summed E-state index contributed by atoms with van der Waals surface area (Å²) in [5, 5.41) is 8.77. The van der Waals surface area contributed by atoms with Crippen molar-refractivity contribution in [1.29, 1.82) is 0 Å². The van der Waals surface area contributed by atoms with Gasteiger partial charge in [0.2, 0.25) is 0 Å². The number of carbonyl (C=O) groups is 1. The van der Waals surface area contributed by atoms with E-state index in [0.29, 0.717) is 6.61 Å². The molecule has 12 heavy (non-hydrogen) atoms. The molecule has 3 nitrogen and oxygen atoms in total. The molecule has 0 radical (unpaired) electrons. The molecule has 1 fully saturated rings.